The number of hydrogen-bond donors (Lipinski definition) is 0. The van der Waals surface area contributed by atoms with Gasteiger partial charge in [-0.3, -0.25) is 9.69 Å². The van der Waals surface area contributed by atoms with E-state index in [1.807, 2.05) is 12.1 Å². The summed E-state index contributed by atoms with van der Waals surface area (Å²) in [7, 11) is 1.49. The minimum absolute atomic E-state index is 0.0502. The normalized spacial score (nSPS) is 19.2. The smallest absolute Gasteiger partial charge is 0.325 e. The van der Waals surface area contributed by atoms with E-state index in [2.05, 4.69) is 11.8 Å². The Balaban J connectivity index is 1.82. The molecule has 0 N–H and O–H groups in total. The van der Waals surface area contributed by atoms with Gasteiger partial charge in [-0.15, -0.1) is 0 Å². The average Bonchev–Trinajstić information content (AvgIpc) is 2.68. The van der Waals surface area contributed by atoms with Gasteiger partial charge in [0.1, 0.15) is 5.82 Å². The van der Waals surface area contributed by atoms with Gasteiger partial charge in [-0.1, -0.05) is 44.7 Å². The zero-order valence-corrected chi connectivity index (χ0v) is 16.4. The molecular weight excluding hydrogens is 328 g/mol. The first-order chi connectivity index (χ1) is 12.7. The average molecular weight is 361 g/mol. The van der Waals surface area contributed by atoms with Crippen molar-refractivity contribution in [3.05, 3.63) is 35.6 Å². The van der Waals surface area contributed by atoms with Crippen LogP contribution in [0.4, 0.5) is 4.39 Å². The van der Waals surface area contributed by atoms with Gasteiger partial charge in [-0.05, 0) is 62.9 Å². The van der Waals surface area contributed by atoms with Gasteiger partial charge in [0.05, 0.1) is 5.92 Å². The van der Waals surface area contributed by atoms with Gasteiger partial charge in [0.25, 0.3) is 5.97 Å². The molecule has 0 radical (unpaired) electrons. The van der Waals surface area contributed by atoms with Gasteiger partial charge in [-0.25, -0.2) is 4.39 Å². The van der Waals surface area contributed by atoms with Crippen LogP contribution in [0, 0.1) is 11.7 Å². The molecule has 1 aromatic carbocycles. The maximum Gasteiger partial charge on any atom is 0.325 e. The number of carbonyl (C=O) groups is 1. The number of hydrogen-bond acceptors (Lipinski definition) is 3. The Kier molecular flexibility index (Phi) is 9.17. The summed E-state index contributed by atoms with van der Waals surface area (Å²) in [5.41, 5.74) is 1.22. The van der Waals surface area contributed by atoms with E-state index in [4.69, 9.17) is 4.65 Å². The van der Waals surface area contributed by atoms with E-state index in [-0.39, 0.29) is 17.7 Å². The molecule has 0 amide bonds. The second-order valence-electron chi connectivity index (χ2n) is 7.46. The fourth-order valence-corrected chi connectivity index (χ4v) is 4.02. The Morgan fingerprint density at radius 2 is 1.96 bits per heavy atom. The molecule has 0 saturated carbocycles. The Hall–Kier alpha value is -1.36. The molecule has 0 bridgehead atoms. The Labute approximate surface area is 158 Å². The van der Waals surface area contributed by atoms with Crippen molar-refractivity contribution >= 4 is 14.0 Å². The zero-order chi connectivity index (χ0) is 18.8. The molecule has 0 spiro atoms. The molecule has 1 fully saturated rings. The van der Waals surface area contributed by atoms with E-state index in [0.29, 0.717) is 6.04 Å². The van der Waals surface area contributed by atoms with E-state index < -0.39 is 0 Å². The summed E-state index contributed by atoms with van der Waals surface area (Å²) >= 11 is 0. The van der Waals surface area contributed by atoms with Crippen molar-refractivity contribution in [2.75, 3.05) is 13.1 Å². The summed E-state index contributed by atoms with van der Waals surface area (Å²) in [5.74, 6) is -0.174. The molecule has 26 heavy (non-hydrogen) atoms. The number of benzene rings is 1. The molecule has 5 heteroatoms. The van der Waals surface area contributed by atoms with Gasteiger partial charge >= 0.3 is 8.05 Å². The summed E-state index contributed by atoms with van der Waals surface area (Å²) < 4.78 is 18.2. The van der Waals surface area contributed by atoms with Crippen LogP contribution in [-0.2, 0) is 9.45 Å². The molecule has 0 aromatic heterocycles. The van der Waals surface area contributed by atoms with Gasteiger partial charge in [-0.2, -0.15) is 0 Å². The van der Waals surface area contributed by atoms with Crippen LogP contribution in [0.1, 0.15) is 76.3 Å². The van der Waals surface area contributed by atoms with E-state index >= 15 is 0 Å². The van der Waals surface area contributed by atoms with Crippen LogP contribution in [-0.4, -0.2) is 32.0 Å². The monoisotopic (exact) mass is 361 g/mol. The molecule has 1 aliphatic heterocycles. The molecule has 144 valence electrons. The van der Waals surface area contributed by atoms with E-state index in [1.165, 1.54) is 26.5 Å². The number of piperidine rings is 1. The summed E-state index contributed by atoms with van der Waals surface area (Å²) in [4.78, 5) is 14.5. The summed E-state index contributed by atoms with van der Waals surface area (Å²) in [6, 6.07) is 7.39. The van der Waals surface area contributed by atoms with Crippen LogP contribution in [0.15, 0.2) is 24.3 Å². The third-order valence-electron chi connectivity index (χ3n) is 5.56. The Morgan fingerprint density at radius 3 is 2.65 bits per heavy atom. The topological polar surface area (TPSA) is 29.5 Å². The number of carbonyl (C=O) groups excluding carboxylic acids is 1. The lowest BCUT2D eigenvalue weighted by Gasteiger charge is -2.36. The van der Waals surface area contributed by atoms with Crippen LogP contribution < -0.4 is 0 Å². The first-order valence-corrected chi connectivity index (χ1v) is 10.2. The number of likely N-dealkylation sites (tertiary alicyclic amines) is 1. The molecule has 1 heterocycles. The molecule has 2 atom stereocenters. The number of nitrogens with zero attached hydrogens (tertiary/aromatic N) is 1. The third-order valence-corrected chi connectivity index (χ3v) is 5.56. The lowest BCUT2D eigenvalue weighted by molar-refractivity contribution is -0.139. The number of rotatable bonds is 10. The predicted octanol–water partition coefficient (Wildman–Crippen LogP) is 4.42. The van der Waals surface area contributed by atoms with E-state index in [0.717, 1.165) is 58.0 Å². The molecular formula is C21H33BFNO2. The second-order valence-corrected chi connectivity index (χ2v) is 7.46. The highest BCUT2D eigenvalue weighted by Gasteiger charge is 2.24. The van der Waals surface area contributed by atoms with Gasteiger partial charge < -0.3 is 4.65 Å². The van der Waals surface area contributed by atoms with Gasteiger partial charge in [0, 0.05) is 6.04 Å². The number of halogens is 1. The second kappa shape index (κ2) is 11.4. The highest BCUT2D eigenvalue weighted by Crippen LogP contribution is 2.31. The van der Waals surface area contributed by atoms with Crippen LogP contribution in [0.5, 0.6) is 0 Å². The highest BCUT2D eigenvalue weighted by molar-refractivity contribution is 6.05. The van der Waals surface area contributed by atoms with E-state index in [1.54, 1.807) is 12.1 Å². The number of unbranched alkanes of at least 4 members (excludes halogenated alkanes) is 2. The van der Waals surface area contributed by atoms with Gasteiger partial charge in [0.15, 0.2) is 0 Å². The summed E-state index contributed by atoms with van der Waals surface area (Å²) in [6.45, 7) is 4.31. The minimum Gasteiger partial charge on any atom is -0.543 e. The first kappa shape index (κ1) is 21.0. The molecule has 0 aliphatic carbocycles. The van der Waals surface area contributed by atoms with Crippen molar-refractivity contribution in [3.8, 4) is 0 Å². The molecule has 1 aromatic rings. The molecule has 2 rings (SSSR count). The minimum atomic E-state index is -0.169. The molecule has 1 saturated heterocycles. The van der Waals surface area contributed by atoms with Crippen LogP contribution in [0.2, 0.25) is 0 Å². The first-order valence-electron chi connectivity index (χ1n) is 10.2. The molecule has 1 aliphatic rings. The van der Waals surface area contributed by atoms with Crippen LogP contribution in [0.25, 0.3) is 0 Å². The van der Waals surface area contributed by atoms with Crippen molar-refractivity contribution in [1.82, 2.24) is 4.90 Å². The van der Waals surface area contributed by atoms with Crippen molar-refractivity contribution in [3.63, 3.8) is 0 Å². The summed E-state index contributed by atoms with van der Waals surface area (Å²) in [5, 5.41) is 0. The maximum atomic E-state index is 13.2. The zero-order valence-electron chi connectivity index (χ0n) is 16.4. The van der Waals surface area contributed by atoms with Crippen molar-refractivity contribution in [2.24, 2.45) is 5.92 Å². The Morgan fingerprint density at radius 1 is 1.23 bits per heavy atom. The highest BCUT2D eigenvalue weighted by atomic mass is 19.1. The SMILES string of the molecule is BOC(=O)C(CCCC)CCCCN1CCCCC1c1ccc(F)cc1. The van der Waals surface area contributed by atoms with Gasteiger partial charge in [0.2, 0.25) is 0 Å². The van der Waals surface area contributed by atoms with Crippen LogP contribution in [0.3, 0.4) is 0 Å². The van der Waals surface area contributed by atoms with Crippen molar-refractivity contribution in [2.45, 2.75) is 70.8 Å². The third kappa shape index (κ3) is 6.42. The fourth-order valence-electron chi connectivity index (χ4n) is 4.02. The lowest BCUT2D eigenvalue weighted by atomic mass is 9.93. The standard InChI is InChI=1S/C21H33BFNO2/c1-2-3-8-18(21(25)26-22)9-4-6-15-24-16-7-5-10-20(24)17-11-13-19(23)14-12-17/h11-14,18,20H,2-10,15-16,22H2,1H3. The van der Waals surface area contributed by atoms with Crippen molar-refractivity contribution < 1.29 is 13.8 Å². The maximum absolute atomic E-state index is 13.2. The Bertz CT molecular complexity index is 537. The quantitative estimate of drug-likeness (QED) is 0.456. The molecule has 3 nitrogen and oxygen atoms in total. The van der Waals surface area contributed by atoms with Crippen molar-refractivity contribution in [1.29, 1.82) is 0 Å². The summed E-state index contributed by atoms with van der Waals surface area (Å²) in [6.07, 6.45) is 9.81. The van der Waals surface area contributed by atoms with Crippen LogP contribution >= 0.6 is 0 Å². The largest absolute Gasteiger partial charge is 0.543 e. The lowest BCUT2D eigenvalue weighted by Crippen LogP contribution is -2.34. The molecule has 2 unspecified atom stereocenters. The predicted molar refractivity (Wildman–Crippen MR) is 106 cm³/mol. The fraction of sp³-hybridized carbons (Fsp3) is 0.667. The van der Waals surface area contributed by atoms with E-state index in [9.17, 15) is 9.18 Å².